The van der Waals surface area contributed by atoms with Gasteiger partial charge in [0, 0.05) is 46.4 Å². The number of amides is 1. The molecule has 0 radical (unpaired) electrons. The summed E-state index contributed by atoms with van der Waals surface area (Å²) in [4.78, 5) is 14.8. The van der Waals surface area contributed by atoms with E-state index in [1.54, 1.807) is 22.4 Å². The van der Waals surface area contributed by atoms with Gasteiger partial charge in [0.2, 0.25) is 0 Å². The Morgan fingerprint density at radius 3 is 2.64 bits per heavy atom. The number of piperidine rings is 1. The van der Waals surface area contributed by atoms with Gasteiger partial charge in [-0.2, -0.15) is 17.0 Å². The SMILES string of the molecule is COCC1CCCN(S(=O)(=O)N2CCN(C(=O)c3cccs3)CC2)C1. The van der Waals surface area contributed by atoms with Crippen molar-refractivity contribution in [3.8, 4) is 0 Å². The lowest BCUT2D eigenvalue weighted by atomic mass is 10.0. The summed E-state index contributed by atoms with van der Waals surface area (Å²) in [6, 6.07) is 3.66. The van der Waals surface area contributed by atoms with Gasteiger partial charge in [-0.3, -0.25) is 4.79 Å². The molecule has 0 N–H and O–H groups in total. The van der Waals surface area contributed by atoms with E-state index >= 15 is 0 Å². The summed E-state index contributed by atoms with van der Waals surface area (Å²) >= 11 is 1.42. The maximum Gasteiger partial charge on any atom is 0.282 e. The largest absolute Gasteiger partial charge is 0.384 e. The van der Waals surface area contributed by atoms with Gasteiger partial charge in [-0.05, 0) is 30.2 Å². The third kappa shape index (κ3) is 4.22. The molecule has 2 saturated heterocycles. The molecular weight excluding hydrogens is 362 g/mol. The molecular formula is C16H25N3O4S2. The molecule has 2 fully saturated rings. The second kappa shape index (κ2) is 8.13. The van der Waals surface area contributed by atoms with Crippen LogP contribution in [0.5, 0.6) is 0 Å². The van der Waals surface area contributed by atoms with E-state index in [0.717, 1.165) is 12.8 Å². The maximum absolute atomic E-state index is 12.9. The van der Waals surface area contributed by atoms with Gasteiger partial charge >= 0.3 is 0 Å². The summed E-state index contributed by atoms with van der Waals surface area (Å²) in [5.74, 6) is 0.250. The zero-order valence-electron chi connectivity index (χ0n) is 14.5. The number of hydrogen-bond acceptors (Lipinski definition) is 5. The first-order valence-corrected chi connectivity index (χ1v) is 10.9. The average molecular weight is 388 g/mol. The Bertz CT molecular complexity index is 668. The third-order valence-corrected chi connectivity index (χ3v) is 7.65. The molecule has 140 valence electrons. The molecule has 2 aliphatic heterocycles. The number of piperazine rings is 1. The van der Waals surface area contributed by atoms with Crippen LogP contribution < -0.4 is 0 Å². The number of nitrogens with zero attached hydrogens (tertiary/aromatic N) is 3. The molecule has 3 heterocycles. The first kappa shape index (κ1) is 18.8. The van der Waals surface area contributed by atoms with Gasteiger partial charge in [-0.15, -0.1) is 11.3 Å². The molecule has 1 aromatic heterocycles. The summed E-state index contributed by atoms with van der Waals surface area (Å²) in [6.07, 6.45) is 1.87. The monoisotopic (exact) mass is 387 g/mol. The van der Waals surface area contributed by atoms with Gasteiger partial charge in [0.05, 0.1) is 11.5 Å². The highest BCUT2D eigenvalue weighted by atomic mass is 32.2. The maximum atomic E-state index is 12.9. The molecule has 2 aliphatic rings. The fourth-order valence-corrected chi connectivity index (χ4v) is 5.85. The first-order valence-electron chi connectivity index (χ1n) is 8.59. The van der Waals surface area contributed by atoms with Gasteiger partial charge in [-0.1, -0.05) is 6.07 Å². The van der Waals surface area contributed by atoms with Crippen LogP contribution in [0.25, 0.3) is 0 Å². The molecule has 0 aliphatic carbocycles. The van der Waals surface area contributed by atoms with Crippen LogP contribution in [0.1, 0.15) is 22.5 Å². The van der Waals surface area contributed by atoms with Crippen molar-refractivity contribution in [2.75, 3.05) is 53.0 Å². The molecule has 0 saturated carbocycles. The molecule has 0 spiro atoms. The molecule has 0 aromatic carbocycles. The third-order valence-electron chi connectivity index (χ3n) is 4.79. The van der Waals surface area contributed by atoms with E-state index in [1.165, 1.54) is 15.6 Å². The first-order chi connectivity index (χ1) is 12.0. The Morgan fingerprint density at radius 1 is 1.24 bits per heavy atom. The number of rotatable bonds is 5. The van der Waals surface area contributed by atoms with Crippen LogP contribution in [0, 0.1) is 5.92 Å². The van der Waals surface area contributed by atoms with Crippen molar-refractivity contribution in [2.45, 2.75) is 12.8 Å². The number of hydrogen-bond donors (Lipinski definition) is 0. The highest BCUT2D eigenvalue weighted by molar-refractivity contribution is 7.86. The second-order valence-corrected chi connectivity index (χ2v) is 9.37. The Balaban J connectivity index is 1.58. The van der Waals surface area contributed by atoms with Crippen LogP contribution in [0.2, 0.25) is 0 Å². The number of methoxy groups -OCH3 is 1. The van der Waals surface area contributed by atoms with Crippen molar-refractivity contribution in [1.82, 2.24) is 13.5 Å². The van der Waals surface area contributed by atoms with Crippen molar-refractivity contribution < 1.29 is 17.9 Å². The molecule has 3 rings (SSSR count). The van der Waals surface area contributed by atoms with Crippen molar-refractivity contribution >= 4 is 27.5 Å². The van der Waals surface area contributed by atoms with Crippen LogP contribution in [-0.2, 0) is 14.9 Å². The molecule has 1 aromatic rings. The Morgan fingerprint density at radius 2 is 2.00 bits per heavy atom. The predicted octanol–water partition coefficient (Wildman–Crippen LogP) is 1.11. The van der Waals surface area contributed by atoms with Crippen LogP contribution in [0.4, 0.5) is 0 Å². The average Bonchev–Trinajstić information content (AvgIpc) is 3.16. The molecule has 0 bridgehead atoms. The minimum absolute atomic E-state index is 0.00909. The molecule has 1 unspecified atom stereocenters. The summed E-state index contributed by atoms with van der Waals surface area (Å²) in [5, 5.41) is 1.88. The van der Waals surface area contributed by atoms with Crippen LogP contribution in [0.15, 0.2) is 17.5 Å². The van der Waals surface area contributed by atoms with E-state index in [-0.39, 0.29) is 11.8 Å². The minimum Gasteiger partial charge on any atom is -0.384 e. The van der Waals surface area contributed by atoms with Crippen LogP contribution >= 0.6 is 11.3 Å². The van der Waals surface area contributed by atoms with Gasteiger partial charge in [0.25, 0.3) is 16.1 Å². The van der Waals surface area contributed by atoms with Crippen molar-refractivity contribution in [1.29, 1.82) is 0 Å². The second-order valence-electron chi connectivity index (χ2n) is 6.50. The highest BCUT2D eigenvalue weighted by Crippen LogP contribution is 2.23. The summed E-state index contributed by atoms with van der Waals surface area (Å²) in [7, 11) is -1.81. The standard InChI is InChI=1S/C16H25N3O4S2/c1-23-13-14-4-2-6-19(12-14)25(21,22)18-9-7-17(8-10-18)16(20)15-5-3-11-24-15/h3,5,11,14H,2,4,6-10,12-13H2,1H3. The summed E-state index contributed by atoms with van der Waals surface area (Å²) in [5.41, 5.74) is 0. The number of carbonyl (C=O) groups excluding carboxylic acids is 1. The Hall–Kier alpha value is -1.00. The van der Waals surface area contributed by atoms with E-state index in [0.29, 0.717) is 50.8 Å². The van der Waals surface area contributed by atoms with E-state index in [4.69, 9.17) is 4.74 Å². The number of carbonyl (C=O) groups is 1. The quantitative estimate of drug-likeness (QED) is 0.759. The Kier molecular flexibility index (Phi) is 6.11. The molecule has 9 heteroatoms. The lowest BCUT2D eigenvalue weighted by Crippen LogP contribution is -2.55. The topological polar surface area (TPSA) is 70.2 Å². The van der Waals surface area contributed by atoms with Gasteiger partial charge in [0.1, 0.15) is 0 Å². The van der Waals surface area contributed by atoms with E-state index in [1.807, 2.05) is 11.4 Å². The zero-order valence-corrected chi connectivity index (χ0v) is 16.1. The van der Waals surface area contributed by atoms with Gasteiger partial charge < -0.3 is 9.64 Å². The zero-order chi connectivity index (χ0) is 17.9. The fraction of sp³-hybridized carbons (Fsp3) is 0.688. The summed E-state index contributed by atoms with van der Waals surface area (Å²) in [6.45, 7) is 3.25. The number of ether oxygens (including phenoxy) is 1. The minimum atomic E-state index is -3.46. The van der Waals surface area contributed by atoms with Crippen LogP contribution in [0.3, 0.4) is 0 Å². The Labute approximate surface area is 153 Å². The van der Waals surface area contributed by atoms with Crippen molar-refractivity contribution in [3.05, 3.63) is 22.4 Å². The lowest BCUT2D eigenvalue weighted by Gasteiger charge is -2.39. The van der Waals surface area contributed by atoms with E-state index in [9.17, 15) is 13.2 Å². The highest BCUT2D eigenvalue weighted by Gasteiger charge is 2.36. The predicted molar refractivity (Wildman–Crippen MR) is 96.9 cm³/mol. The van der Waals surface area contributed by atoms with Crippen molar-refractivity contribution in [3.63, 3.8) is 0 Å². The molecule has 1 amide bonds. The molecule has 25 heavy (non-hydrogen) atoms. The summed E-state index contributed by atoms with van der Waals surface area (Å²) < 4.78 is 34.1. The van der Waals surface area contributed by atoms with E-state index < -0.39 is 10.2 Å². The van der Waals surface area contributed by atoms with E-state index in [2.05, 4.69) is 0 Å². The molecule has 7 nitrogen and oxygen atoms in total. The number of thiophene rings is 1. The smallest absolute Gasteiger partial charge is 0.282 e. The lowest BCUT2D eigenvalue weighted by molar-refractivity contribution is 0.0694. The van der Waals surface area contributed by atoms with Gasteiger partial charge in [-0.25, -0.2) is 0 Å². The molecule has 1 atom stereocenters. The normalized spacial score (nSPS) is 23.7. The van der Waals surface area contributed by atoms with Crippen molar-refractivity contribution in [2.24, 2.45) is 5.92 Å². The van der Waals surface area contributed by atoms with Gasteiger partial charge in [0.15, 0.2) is 0 Å². The fourth-order valence-electron chi connectivity index (χ4n) is 3.45. The van der Waals surface area contributed by atoms with Crippen LogP contribution in [-0.4, -0.2) is 80.8 Å².